The molecule has 0 heterocycles. The molecule has 1 radical (unpaired) electrons. The van der Waals surface area contributed by atoms with Gasteiger partial charge in [0.2, 0.25) is 0 Å². The van der Waals surface area contributed by atoms with Crippen LogP contribution in [-0.4, -0.2) is 0 Å². The van der Waals surface area contributed by atoms with Crippen LogP contribution >= 0.6 is 0 Å². The molecule has 0 saturated carbocycles. The molecule has 41 valence electrons. The van der Waals surface area contributed by atoms with E-state index in [4.69, 9.17) is 0 Å². The zero-order chi connectivity index (χ0) is 2.71. The van der Waals surface area contributed by atoms with Gasteiger partial charge in [-0.2, -0.15) is 6.42 Å². The monoisotopic (exact) mass is 515 g/mol. The maximum Gasteiger partial charge on any atom is 2.00 e. The van der Waals surface area contributed by atoms with Gasteiger partial charge in [-0.05, 0) is 0 Å². The molecular formula is C4H10W2Y. The second-order valence-electron chi connectivity index (χ2n) is 0.500. The maximum absolute atomic E-state index is 3.49. The molecule has 0 rings (SSSR count). The Bertz CT molecular complexity index is 9.65. The molecule has 0 saturated heterocycles. The van der Waals surface area contributed by atoms with Crippen molar-refractivity contribution in [1.82, 2.24) is 0 Å². The third kappa shape index (κ3) is 57.9. The third-order valence-corrected chi connectivity index (χ3v) is 0. The van der Waals surface area contributed by atoms with E-state index >= 15 is 0 Å². The number of hydrogen-bond donors (Lipinski definition) is 0. The zero-order valence-corrected chi connectivity index (χ0v) is 13.5. The van der Waals surface area contributed by atoms with Crippen LogP contribution in [0, 0.1) is 14.4 Å². The fourth-order valence-corrected chi connectivity index (χ4v) is 0. The first-order valence-electron chi connectivity index (χ1n) is 1.21. The van der Waals surface area contributed by atoms with E-state index in [0.29, 0.717) is 0 Å². The molecule has 0 aliphatic carbocycles. The van der Waals surface area contributed by atoms with Gasteiger partial charge in [0.1, 0.15) is 0 Å². The van der Waals surface area contributed by atoms with Crippen molar-refractivity contribution in [2.75, 3.05) is 0 Å². The van der Waals surface area contributed by atoms with Crippen molar-refractivity contribution in [2.24, 2.45) is 0 Å². The van der Waals surface area contributed by atoms with Crippen LogP contribution in [0.5, 0.6) is 0 Å². The van der Waals surface area contributed by atoms with Gasteiger partial charge in [-0.25, -0.2) is 0 Å². The Labute approximate surface area is 101 Å². The molecular weight excluding hydrogens is 505 g/mol. The molecule has 0 spiro atoms. The molecule has 0 bridgehead atoms. The van der Waals surface area contributed by atoms with Crippen LogP contribution < -0.4 is 0 Å². The minimum Gasteiger partial charge on any atom is -0.358 e. The average Bonchev–Trinajstić information content (AvgIpc) is 0.918. The Morgan fingerprint density at radius 1 is 1.43 bits per heavy atom. The first-order chi connectivity index (χ1) is 1.41. The molecule has 0 aliphatic rings. The summed E-state index contributed by atoms with van der Waals surface area (Å²) < 4.78 is 0. The summed E-state index contributed by atoms with van der Waals surface area (Å²) in [7, 11) is 0. The van der Waals surface area contributed by atoms with Gasteiger partial charge in [0.15, 0.2) is 0 Å². The Morgan fingerprint density at radius 3 is 1.43 bits per heavy atom. The Hall–Kier alpha value is 2.48. The van der Waals surface area contributed by atoms with Crippen LogP contribution in [0.1, 0.15) is 13.3 Å². The van der Waals surface area contributed by atoms with Crippen LogP contribution in [0.25, 0.3) is 0 Å². The molecule has 0 amide bonds. The van der Waals surface area contributed by atoms with Crippen LogP contribution in [0.4, 0.5) is 0 Å². The van der Waals surface area contributed by atoms with E-state index in [1.807, 2.05) is 6.92 Å². The summed E-state index contributed by atoms with van der Waals surface area (Å²) in [6, 6.07) is 0. The van der Waals surface area contributed by atoms with Crippen LogP contribution in [-0.2, 0) is 74.8 Å². The van der Waals surface area contributed by atoms with Gasteiger partial charge in [-0.15, -0.1) is 0 Å². The minimum absolute atomic E-state index is 0. The molecule has 0 fully saturated rings. The van der Waals surface area contributed by atoms with E-state index in [2.05, 4.69) is 6.92 Å². The Kier molecular flexibility index (Phi) is 190. The fraction of sp³-hybridized carbons (Fsp3) is 0.500. The van der Waals surface area contributed by atoms with Gasteiger partial charge in [-0.3, -0.25) is 0 Å². The normalized spacial score (nSPS) is 2.57. The van der Waals surface area contributed by atoms with Crippen LogP contribution in [0.15, 0.2) is 0 Å². The van der Waals surface area contributed by atoms with Gasteiger partial charge in [0.05, 0.1) is 0 Å². The van der Waals surface area contributed by atoms with E-state index in [-0.39, 0.29) is 82.3 Å². The first kappa shape index (κ1) is 34.0. The van der Waals surface area contributed by atoms with E-state index < -0.39 is 0 Å². The summed E-state index contributed by atoms with van der Waals surface area (Å²) in [5.74, 6) is 0. The Balaban J connectivity index is -0.00000000333. The van der Waals surface area contributed by atoms with Crippen molar-refractivity contribution >= 4 is 0 Å². The van der Waals surface area contributed by atoms with E-state index in [0.717, 1.165) is 6.42 Å². The van der Waals surface area contributed by atoms with Crippen LogP contribution in [0.3, 0.4) is 0 Å². The SMILES string of the molecule is [CH2-]CC.[CH3-].[W+2].[W].[Y]. The molecule has 0 unspecified atom stereocenters. The van der Waals surface area contributed by atoms with Crippen molar-refractivity contribution in [2.45, 2.75) is 13.3 Å². The van der Waals surface area contributed by atoms with Gasteiger partial charge in [-0.1, -0.05) is 6.92 Å². The Morgan fingerprint density at radius 2 is 1.43 bits per heavy atom. The molecule has 0 aliphatic heterocycles. The number of hydrogen-bond acceptors (Lipinski definition) is 0. The predicted molar refractivity (Wildman–Crippen MR) is 22.1 cm³/mol. The molecule has 0 N–H and O–H groups in total. The summed E-state index contributed by atoms with van der Waals surface area (Å²) in [5.41, 5.74) is 0. The quantitative estimate of drug-likeness (QED) is 0.432. The maximum atomic E-state index is 3.49. The second kappa shape index (κ2) is 39.2. The predicted octanol–water partition coefficient (Wildman–Crippen LogP) is 1.67. The fourth-order valence-electron chi connectivity index (χ4n) is 0. The molecule has 0 aromatic heterocycles. The van der Waals surface area contributed by atoms with Gasteiger partial charge in [0, 0.05) is 53.8 Å². The van der Waals surface area contributed by atoms with Gasteiger partial charge >= 0.3 is 21.1 Å². The standard InChI is InChI=1S/C3H7.CH3.2W.Y/c1-3-2;;;;/h1,3H2,2H3;1H3;;;/q2*-1;;+2;. The zero-order valence-electron chi connectivity index (χ0n) is 4.81. The first-order valence-corrected chi connectivity index (χ1v) is 1.21. The van der Waals surface area contributed by atoms with Crippen molar-refractivity contribution in [3.8, 4) is 0 Å². The van der Waals surface area contributed by atoms with Crippen molar-refractivity contribution in [1.29, 1.82) is 0 Å². The smallest absolute Gasteiger partial charge is 0.358 e. The van der Waals surface area contributed by atoms with E-state index in [1.165, 1.54) is 0 Å². The third-order valence-electron chi connectivity index (χ3n) is 0. The molecule has 3 heteroatoms. The van der Waals surface area contributed by atoms with Crippen LogP contribution in [0.2, 0.25) is 0 Å². The van der Waals surface area contributed by atoms with Gasteiger partial charge < -0.3 is 14.4 Å². The van der Waals surface area contributed by atoms with E-state index in [1.54, 1.807) is 0 Å². The molecule has 0 aromatic rings. The largest absolute Gasteiger partial charge is 2.00 e. The average molecular weight is 515 g/mol. The van der Waals surface area contributed by atoms with Gasteiger partial charge in [0.25, 0.3) is 0 Å². The summed E-state index contributed by atoms with van der Waals surface area (Å²) in [6.45, 7) is 5.50. The minimum atomic E-state index is 0. The molecule has 0 nitrogen and oxygen atoms in total. The topological polar surface area (TPSA) is 0 Å². The number of rotatable bonds is 0. The summed E-state index contributed by atoms with van der Waals surface area (Å²) >= 11 is 0. The molecule has 7 heavy (non-hydrogen) atoms. The van der Waals surface area contributed by atoms with Crippen molar-refractivity contribution in [3.05, 3.63) is 14.4 Å². The van der Waals surface area contributed by atoms with E-state index in [9.17, 15) is 0 Å². The van der Waals surface area contributed by atoms with Crippen molar-refractivity contribution in [3.63, 3.8) is 0 Å². The molecule has 0 aromatic carbocycles. The van der Waals surface area contributed by atoms with Crippen molar-refractivity contribution < 1.29 is 74.8 Å². The summed E-state index contributed by atoms with van der Waals surface area (Å²) in [5, 5.41) is 0. The second-order valence-corrected chi connectivity index (χ2v) is 0.500. The summed E-state index contributed by atoms with van der Waals surface area (Å²) in [6.07, 6.45) is 1.00. The summed E-state index contributed by atoms with van der Waals surface area (Å²) in [4.78, 5) is 0. The molecule has 0 atom stereocenters.